The Hall–Kier alpha value is -1.05. The van der Waals surface area contributed by atoms with Crippen LogP contribution >= 0.6 is 0 Å². The summed E-state index contributed by atoms with van der Waals surface area (Å²) in [6, 6.07) is 0. The predicted octanol–water partition coefficient (Wildman–Crippen LogP) is -0.166. The van der Waals surface area contributed by atoms with Crippen LogP contribution in [0.4, 0.5) is 0 Å². The largest absolute Gasteiger partial charge is 0.382 e. The summed E-state index contributed by atoms with van der Waals surface area (Å²) in [6.07, 6.45) is 1.06. The molecule has 0 aliphatic carbocycles. The molecule has 0 fully saturated rings. The van der Waals surface area contributed by atoms with E-state index in [1.165, 1.54) is 0 Å². The molecule has 1 heterocycles. The van der Waals surface area contributed by atoms with Crippen molar-refractivity contribution in [1.29, 1.82) is 0 Å². The first-order valence-electron chi connectivity index (χ1n) is 5.79. The summed E-state index contributed by atoms with van der Waals surface area (Å²) in [5.41, 5.74) is 0. The third-order valence-electron chi connectivity index (χ3n) is 2.38. The Balaban J connectivity index is 2.49. The van der Waals surface area contributed by atoms with Crippen LogP contribution in [0.5, 0.6) is 0 Å². The van der Waals surface area contributed by atoms with Crippen molar-refractivity contribution in [2.45, 2.75) is 32.5 Å². The Bertz CT molecular complexity index is 305. The van der Waals surface area contributed by atoms with Crippen LogP contribution in [0.1, 0.15) is 19.2 Å². The van der Waals surface area contributed by atoms with Gasteiger partial charge in [-0.2, -0.15) is 0 Å². The molecule has 7 nitrogen and oxygen atoms in total. The number of nitrogens with zero attached hydrogens (tertiary/aromatic N) is 4. The van der Waals surface area contributed by atoms with Gasteiger partial charge in [0, 0.05) is 14.2 Å². The summed E-state index contributed by atoms with van der Waals surface area (Å²) in [6.45, 7) is 4.87. The molecule has 1 aromatic rings. The Morgan fingerprint density at radius 3 is 2.88 bits per heavy atom. The molecule has 0 amide bonds. The van der Waals surface area contributed by atoms with E-state index in [0.717, 1.165) is 18.8 Å². The van der Waals surface area contributed by atoms with Crippen LogP contribution in [0.25, 0.3) is 0 Å². The monoisotopic (exact) mass is 243 g/mol. The van der Waals surface area contributed by atoms with Gasteiger partial charge in [-0.15, -0.1) is 5.10 Å². The quantitative estimate of drug-likeness (QED) is 0.607. The summed E-state index contributed by atoms with van der Waals surface area (Å²) < 4.78 is 12.1. The van der Waals surface area contributed by atoms with Crippen LogP contribution in [-0.2, 0) is 22.6 Å². The lowest BCUT2D eigenvalue weighted by Gasteiger charge is -2.14. The third-order valence-corrected chi connectivity index (χ3v) is 2.38. The molecule has 1 aromatic heterocycles. The Morgan fingerprint density at radius 1 is 1.41 bits per heavy atom. The maximum absolute atomic E-state index is 5.28. The number of tetrazole rings is 1. The molecule has 1 atom stereocenters. The van der Waals surface area contributed by atoms with Crippen LogP contribution in [0.3, 0.4) is 0 Å². The van der Waals surface area contributed by atoms with Crippen molar-refractivity contribution in [3.8, 4) is 0 Å². The van der Waals surface area contributed by atoms with Gasteiger partial charge in [0.25, 0.3) is 0 Å². The maximum atomic E-state index is 5.28. The van der Waals surface area contributed by atoms with E-state index < -0.39 is 0 Å². The molecular weight excluding hydrogens is 222 g/mol. The van der Waals surface area contributed by atoms with E-state index in [0.29, 0.717) is 19.7 Å². The van der Waals surface area contributed by atoms with Gasteiger partial charge < -0.3 is 14.8 Å². The summed E-state index contributed by atoms with van der Waals surface area (Å²) in [4.78, 5) is 0. The van der Waals surface area contributed by atoms with E-state index in [1.54, 1.807) is 18.9 Å². The van der Waals surface area contributed by atoms with Gasteiger partial charge in [-0.3, -0.25) is 0 Å². The van der Waals surface area contributed by atoms with Crippen LogP contribution in [-0.4, -0.2) is 53.7 Å². The molecular formula is C10H21N5O2. The number of aromatic nitrogens is 4. The van der Waals surface area contributed by atoms with Crippen molar-refractivity contribution in [1.82, 2.24) is 25.5 Å². The zero-order chi connectivity index (χ0) is 12.5. The van der Waals surface area contributed by atoms with Gasteiger partial charge in [-0.25, -0.2) is 4.68 Å². The van der Waals surface area contributed by atoms with Crippen molar-refractivity contribution in [2.75, 3.05) is 27.4 Å². The van der Waals surface area contributed by atoms with E-state index in [1.807, 2.05) is 0 Å². The number of ether oxygens (including phenoxy) is 2. The van der Waals surface area contributed by atoms with Crippen molar-refractivity contribution in [3.63, 3.8) is 0 Å². The number of nitrogens with one attached hydrogen (secondary N) is 1. The van der Waals surface area contributed by atoms with E-state index in [4.69, 9.17) is 9.47 Å². The van der Waals surface area contributed by atoms with E-state index in [-0.39, 0.29) is 6.10 Å². The number of hydrogen-bond donors (Lipinski definition) is 1. The zero-order valence-corrected chi connectivity index (χ0v) is 10.7. The van der Waals surface area contributed by atoms with Gasteiger partial charge in [0.05, 0.1) is 19.7 Å². The van der Waals surface area contributed by atoms with Crippen molar-refractivity contribution in [3.05, 3.63) is 5.82 Å². The molecule has 0 spiro atoms. The average molecular weight is 243 g/mol. The van der Waals surface area contributed by atoms with Crippen LogP contribution in [0.2, 0.25) is 0 Å². The van der Waals surface area contributed by atoms with Gasteiger partial charge in [-0.05, 0) is 23.4 Å². The van der Waals surface area contributed by atoms with E-state index >= 15 is 0 Å². The second-order valence-electron chi connectivity index (χ2n) is 3.77. The lowest BCUT2D eigenvalue weighted by atomic mass is 10.3. The van der Waals surface area contributed by atoms with Gasteiger partial charge in [0.1, 0.15) is 6.10 Å². The Kier molecular flexibility index (Phi) is 6.68. The molecule has 0 radical (unpaired) electrons. The molecule has 1 N–H and O–H groups in total. The molecule has 0 aliphatic heterocycles. The molecule has 0 aliphatic rings. The minimum Gasteiger partial charge on any atom is -0.382 e. The summed E-state index contributed by atoms with van der Waals surface area (Å²) >= 11 is 0. The van der Waals surface area contributed by atoms with Crippen molar-refractivity contribution >= 4 is 0 Å². The van der Waals surface area contributed by atoms with Gasteiger partial charge in [0.2, 0.25) is 0 Å². The highest BCUT2D eigenvalue weighted by atomic mass is 16.5. The average Bonchev–Trinajstić information content (AvgIpc) is 2.76. The maximum Gasteiger partial charge on any atom is 0.165 e. The lowest BCUT2D eigenvalue weighted by Crippen LogP contribution is -2.27. The SMILES string of the molecule is CCCNCc1nnnn1CC(COC)OC. The van der Waals surface area contributed by atoms with Crippen LogP contribution in [0, 0.1) is 0 Å². The first kappa shape index (κ1) is 14.0. The zero-order valence-electron chi connectivity index (χ0n) is 10.7. The number of methoxy groups -OCH3 is 2. The van der Waals surface area contributed by atoms with E-state index in [2.05, 4.69) is 27.8 Å². The summed E-state index contributed by atoms with van der Waals surface area (Å²) in [7, 11) is 3.30. The fourth-order valence-corrected chi connectivity index (χ4v) is 1.44. The highest BCUT2D eigenvalue weighted by Crippen LogP contribution is 1.99. The fraction of sp³-hybridized carbons (Fsp3) is 0.900. The minimum absolute atomic E-state index is 0.0339. The molecule has 0 saturated heterocycles. The second kappa shape index (κ2) is 8.10. The first-order chi connectivity index (χ1) is 8.31. The van der Waals surface area contributed by atoms with Gasteiger partial charge in [-0.1, -0.05) is 6.92 Å². The first-order valence-corrected chi connectivity index (χ1v) is 5.79. The Labute approximate surface area is 101 Å². The van der Waals surface area contributed by atoms with Crippen LogP contribution in [0.15, 0.2) is 0 Å². The molecule has 1 rings (SSSR count). The Morgan fingerprint density at radius 2 is 2.24 bits per heavy atom. The highest BCUT2D eigenvalue weighted by Gasteiger charge is 2.12. The molecule has 17 heavy (non-hydrogen) atoms. The predicted molar refractivity (Wildman–Crippen MR) is 62.5 cm³/mol. The highest BCUT2D eigenvalue weighted by molar-refractivity contribution is 4.80. The van der Waals surface area contributed by atoms with Gasteiger partial charge in [0.15, 0.2) is 5.82 Å². The molecule has 98 valence electrons. The van der Waals surface area contributed by atoms with Crippen molar-refractivity contribution in [2.24, 2.45) is 0 Å². The normalized spacial score (nSPS) is 12.9. The summed E-state index contributed by atoms with van der Waals surface area (Å²) in [5.74, 6) is 0.816. The molecule has 0 saturated carbocycles. The van der Waals surface area contributed by atoms with E-state index in [9.17, 15) is 0 Å². The van der Waals surface area contributed by atoms with Gasteiger partial charge >= 0.3 is 0 Å². The topological polar surface area (TPSA) is 74.1 Å². The molecule has 0 aromatic carbocycles. The minimum atomic E-state index is -0.0339. The second-order valence-corrected chi connectivity index (χ2v) is 3.77. The lowest BCUT2D eigenvalue weighted by molar-refractivity contribution is 0.0155. The van der Waals surface area contributed by atoms with Crippen LogP contribution < -0.4 is 5.32 Å². The molecule has 1 unspecified atom stereocenters. The summed E-state index contributed by atoms with van der Waals surface area (Å²) in [5, 5.41) is 14.9. The standard InChI is InChI=1S/C10H21N5O2/c1-4-5-11-6-10-12-13-14-15(10)7-9(17-3)8-16-2/h9,11H,4-8H2,1-3H3. The van der Waals surface area contributed by atoms with Crippen molar-refractivity contribution < 1.29 is 9.47 Å². The number of rotatable bonds is 9. The molecule has 7 heteroatoms. The fourth-order valence-electron chi connectivity index (χ4n) is 1.44. The number of hydrogen-bond acceptors (Lipinski definition) is 6. The third kappa shape index (κ3) is 4.76. The molecule has 0 bridgehead atoms. The smallest absolute Gasteiger partial charge is 0.165 e.